The molecule has 8 nitrogen and oxygen atoms in total. The van der Waals surface area contributed by atoms with Crippen molar-refractivity contribution in [2.24, 2.45) is 11.7 Å². The van der Waals surface area contributed by atoms with E-state index in [-0.39, 0.29) is 16.7 Å². The van der Waals surface area contributed by atoms with Crippen LogP contribution < -0.4 is 15.8 Å². The summed E-state index contributed by atoms with van der Waals surface area (Å²) in [6.45, 7) is 5.40. The van der Waals surface area contributed by atoms with Gasteiger partial charge in [-0.25, -0.2) is 13.1 Å². The quantitative estimate of drug-likeness (QED) is 0.553. The fraction of sp³-hybridized carbons (Fsp3) is 0.429. The van der Waals surface area contributed by atoms with Crippen molar-refractivity contribution >= 4 is 38.2 Å². The molecule has 31 heavy (non-hydrogen) atoms. The van der Waals surface area contributed by atoms with Crippen LogP contribution >= 0.6 is 11.3 Å². The molecule has 0 saturated carbocycles. The first-order valence-electron chi connectivity index (χ1n) is 10.2. The number of amides is 2. The first kappa shape index (κ1) is 23.4. The minimum atomic E-state index is -3.57. The van der Waals surface area contributed by atoms with Gasteiger partial charge < -0.3 is 11.1 Å². The Morgan fingerprint density at radius 1 is 1.26 bits per heavy atom. The number of thiophene rings is 1. The van der Waals surface area contributed by atoms with Gasteiger partial charge in [-0.1, -0.05) is 17.7 Å². The lowest BCUT2D eigenvalue weighted by atomic mass is 9.97. The molecule has 2 unspecified atom stereocenters. The zero-order chi connectivity index (χ0) is 22.6. The summed E-state index contributed by atoms with van der Waals surface area (Å²) in [5.74, 6) is -0.693. The third-order valence-corrected chi connectivity index (χ3v) is 7.81. The summed E-state index contributed by atoms with van der Waals surface area (Å²) in [5.41, 5.74) is 6.64. The van der Waals surface area contributed by atoms with Gasteiger partial charge in [0.25, 0.3) is 5.91 Å². The minimum Gasteiger partial charge on any atom is -0.366 e. The van der Waals surface area contributed by atoms with E-state index in [1.54, 1.807) is 35.7 Å². The van der Waals surface area contributed by atoms with Crippen molar-refractivity contribution < 1.29 is 18.0 Å². The van der Waals surface area contributed by atoms with E-state index in [0.717, 1.165) is 24.9 Å². The molecular formula is C21H28N4O4S2. The standard InChI is InChI=1S/C21H28N4O4S2/c1-14-5-7-17(8-6-14)31(28,29)23-12-16-4-3-10-25(13-16)15(2)20(27)24-21-18(19(22)26)9-11-30-21/h5-9,11,15-16,23H,3-4,10,12-13H2,1-2H3,(H2,22,26)(H,24,27). The van der Waals surface area contributed by atoms with Gasteiger partial charge in [0.2, 0.25) is 15.9 Å². The van der Waals surface area contributed by atoms with Crippen LogP contribution in [0.1, 0.15) is 35.7 Å². The minimum absolute atomic E-state index is 0.104. The van der Waals surface area contributed by atoms with E-state index < -0.39 is 22.0 Å². The number of likely N-dealkylation sites (tertiary alicyclic amines) is 1. The highest BCUT2D eigenvalue weighted by atomic mass is 32.2. The molecule has 1 fully saturated rings. The van der Waals surface area contributed by atoms with Crippen LogP contribution in [0.5, 0.6) is 0 Å². The molecule has 10 heteroatoms. The average molecular weight is 465 g/mol. The summed E-state index contributed by atoms with van der Waals surface area (Å²) in [4.78, 5) is 26.5. The molecule has 0 aliphatic carbocycles. The Morgan fingerprint density at radius 3 is 2.65 bits per heavy atom. The normalized spacial score (nSPS) is 18.5. The number of piperidine rings is 1. The zero-order valence-electron chi connectivity index (χ0n) is 17.6. The molecule has 4 N–H and O–H groups in total. The van der Waals surface area contributed by atoms with Gasteiger partial charge in [-0.15, -0.1) is 11.3 Å². The summed E-state index contributed by atoms with van der Waals surface area (Å²) in [6.07, 6.45) is 1.76. The number of nitrogens with zero attached hydrogens (tertiary/aromatic N) is 1. The fourth-order valence-corrected chi connectivity index (χ4v) is 5.54. The van der Waals surface area contributed by atoms with Gasteiger partial charge in [-0.05, 0) is 62.7 Å². The smallest absolute Gasteiger partial charge is 0.251 e. The molecule has 0 radical (unpaired) electrons. The molecule has 2 aromatic rings. The van der Waals surface area contributed by atoms with Gasteiger partial charge in [0, 0.05) is 13.1 Å². The maximum absolute atomic E-state index is 12.7. The number of carbonyl (C=O) groups is 2. The van der Waals surface area contributed by atoms with Gasteiger partial charge in [0.05, 0.1) is 16.5 Å². The number of nitrogens with one attached hydrogen (secondary N) is 2. The second-order valence-electron chi connectivity index (χ2n) is 7.86. The third kappa shape index (κ3) is 5.91. The topological polar surface area (TPSA) is 122 Å². The number of primary amides is 1. The summed E-state index contributed by atoms with van der Waals surface area (Å²) < 4.78 is 27.8. The highest BCUT2D eigenvalue weighted by molar-refractivity contribution is 7.89. The molecule has 1 aromatic heterocycles. The summed E-state index contributed by atoms with van der Waals surface area (Å²) in [6, 6.07) is 7.91. The van der Waals surface area contributed by atoms with E-state index in [0.29, 0.717) is 23.7 Å². The van der Waals surface area contributed by atoms with Gasteiger partial charge in [0.15, 0.2) is 0 Å². The van der Waals surface area contributed by atoms with Gasteiger partial charge in [-0.3, -0.25) is 14.5 Å². The third-order valence-electron chi connectivity index (χ3n) is 5.54. The molecule has 0 bridgehead atoms. The van der Waals surface area contributed by atoms with Crippen LogP contribution in [0.3, 0.4) is 0 Å². The molecule has 1 aliphatic heterocycles. The van der Waals surface area contributed by atoms with Crippen LogP contribution in [0.2, 0.25) is 0 Å². The van der Waals surface area contributed by atoms with Crippen LogP contribution in [-0.4, -0.2) is 50.8 Å². The molecule has 0 spiro atoms. The van der Waals surface area contributed by atoms with Gasteiger partial charge in [-0.2, -0.15) is 0 Å². The first-order valence-corrected chi connectivity index (χ1v) is 12.5. The SMILES string of the molecule is Cc1ccc(S(=O)(=O)NCC2CCCN(C(C)C(=O)Nc3sccc3C(N)=O)C2)cc1. The number of sulfonamides is 1. The van der Waals surface area contributed by atoms with E-state index in [4.69, 9.17) is 5.73 Å². The summed E-state index contributed by atoms with van der Waals surface area (Å²) in [5, 5.41) is 4.95. The van der Waals surface area contributed by atoms with Crippen LogP contribution in [0.4, 0.5) is 5.00 Å². The Balaban J connectivity index is 1.57. The Labute approximate surface area is 186 Å². The molecule has 168 valence electrons. The van der Waals surface area contributed by atoms with E-state index in [9.17, 15) is 18.0 Å². The number of hydrogen-bond acceptors (Lipinski definition) is 6. The maximum Gasteiger partial charge on any atom is 0.251 e. The zero-order valence-corrected chi connectivity index (χ0v) is 19.3. The van der Waals surface area contributed by atoms with Crippen molar-refractivity contribution in [3.63, 3.8) is 0 Å². The molecule has 1 aromatic carbocycles. The number of rotatable bonds is 8. The largest absolute Gasteiger partial charge is 0.366 e. The van der Waals surface area contributed by atoms with Crippen LogP contribution in [0.25, 0.3) is 0 Å². The van der Waals surface area contributed by atoms with E-state index in [2.05, 4.69) is 10.0 Å². The second-order valence-corrected chi connectivity index (χ2v) is 10.5. The van der Waals surface area contributed by atoms with Crippen molar-refractivity contribution in [2.45, 2.75) is 37.6 Å². The number of hydrogen-bond donors (Lipinski definition) is 3. The van der Waals surface area contributed by atoms with E-state index >= 15 is 0 Å². The predicted molar refractivity (Wildman–Crippen MR) is 122 cm³/mol. The van der Waals surface area contributed by atoms with Gasteiger partial charge >= 0.3 is 0 Å². The monoisotopic (exact) mass is 464 g/mol. The van der Waals surface area contributed by atoms with Crippen molar-refractivity contribution in [1.82, 2.24) is 9.62 Å². The first-order chi connectivity index (χ1) is 14.7. The molecule has 3 rings (SSSR count). The Hall–Kier alpha value is -2.27. The number of nitrogens with two attached hydrogens (primary N) is 1. The Kier molecular flexibility index (Phi) is 7.47. The van der Waals surface area contributed by atoms with Crippen molar-refractivity contribution in [3.05, 3.63) is 46.8 Å². The maximum atomic E-state index is 12.7. The average Bonchev–Trinajstić information content (AvgIpc) is 3.21. The van der Waals surface area contributed by atoms with Crippen LogP contribution in [0.15, 0.2) is 40.6 Å². The summed E-state index contributed by atoms with van der Waals surface area (Å²) >= 11 is 1.25. The Morgan fingerprint density at radius 2 is 1.97 bits per heavy atom. The highest BCUT2D eigenvalue weighted by Gasteiger charge is 2.29. The number of aryl methyl sites for hydroxylation is 1. The molecule has 1 aliphatic rings. The van der Waals surface area contributed by atoms with Gasteiger partial charge in [0.1, 0.15) is 5.00 Å². The van der Waals surface area contributed by atoms with Crippen LogP contribution in [0, 0.1) is 12.8 Å². The number of anilines is 1. The molecular weight excluding hydrogens is 436 g/mol. The van der Waals surface area contributed by atoms with Crippen molar-refractivity contribution in [2.75, 3.05) is 25.0 Å². The summed E-state index contributed by atoms with van der Waals surface area (Å²) in [7, 11) is -3.57. The van der Waals surface area contributed by atoms with Crippen LogP contribution in [-0.2, 0) is 14.8 Å². The molecule has 1 saturated heterocycles. The van der Waals surface area contributed by atoms with Crippen molar-refractivity contribution in [3.8, 4) is 0 Å². The lowest BCUT2D eigenvalue weighted by Crippen LogP contribution is -2.49. The van der Waals surface area contributed by atoms with Crippen molar-refractivity contribution in [1.29, 1.82) is 0 Å². The highest BCUT2D eigenvalue weighted by Crippen LogP contribution is 2.24. The number of carbonyl (C=O) groups excluding carboxylic acids is 2. The van der Waals surface area contributed by atoms with E-state index in [1.807, 2.05) is 18.7 Å². The lowest BCUT2D eigenvalue weighted by molar-refractivity contribution is -0.121. The number of benzene rings is 1. The second kappa shape index (κ2) is 9.90. The Bertz CT molecular complexity index is 1030. The molecule has 2 amide bonds. The van der Waals surface area contributed by atoms with E-state index in [1.165, 1.54) is 11.3 Å². The predicted octanol–water partition coefficient (Wildman–Crippen LogP) is 2.17. The fourth-order valence-electron chi connectivity index (χ4n) is 3.63. The molecule has 2 heterocycles. The molecule has 2 atom stereocenters. The lowest BCUT2D eigenvalue weighted by Gasteiger charge is -2.36.